The first-order valence-corrected chi connectivity index (χ1v) is 12.5. The Balaban J connectivity index is 2.02. The first-order chi connectivity index (χ1) is 19.7. The summed E-state index contributed by atoms with van der Waals surface area (Å²) >= 11 is 0. The summed E-state index contributed by atoms with van der Waals surface area (Å²) in [6.07, 6.45) is -11.7. The van der Waals surface area contributed by atoms with Gasteiger partial charge in [-0.05, 0) is 60.9 Å². The van der Waals surface area contributed by atoms with Crippen LogP contribution in [0.4, 0.5) is 26.3 Å². The van der Waals surface area contributed by atoms with Gasteiger partial charge in [-0.15, -0.1) is 0 Å². The zero-order chi connectivity index (χ0) is 30.7. The van der Waals surface area contributed by atoms with Gasteiger partial charge in [0.15, 0.2) is 5.60 Å². The maximum atomic E-state index is 13.9. The van der Waals surface area contributed by atoms with E-state index in [0.717, 1.165) is 24.3 Å². The molecule has 2 atom stereocenters. The molecule has 0 bridgehead atoms. The number of alkyl halides is 6. The monoisotopic (exact) mass is 590 g/mol. The van der Waals surface area contributed by atoms with Crippen LogP contribution in [0.1, 0.15) is 39.2 Å². The van der Waals surface area contributed by atoms with Crippen molar-refractivity contribution in [1.29, 1.82) is 0 Å². The summed E-state index contributed by atoms with van der Waals surface area (Å²) in [6, 6.07) is 16.5. The second-order valence-corrected chi connectivity index (χ2v) is 9.43. The Bertz CT molecular complexity index is 1520. The quantitative estimate of drug-likeness (QED) is 0.209. The molecule has 12 heteroatoms. The Kier molecular flexibility index (Phi) is 8.58. The minimum absolute atomic E-state index is 0.206. The predicted octanol–water partition coefficient (Wildman–Crippen LogP) is 7.12. The average molecular weight is 591 g/mol. The summed E-state index contributed by atoms with van der Waals surface area (Å²) in [6.45, 7) is 2.84. The van der Waals surface area contributed by atoms with E-state index in [2.05, 4.69) is 9.97 Å². The molecule has 1 heterocycles. The number of aliphatic carboxylic acids is 1. The van der Waals surface area contributed by atoms with E-state index in [1.54, 1.807) is 50.2 Å². The van der Waals surface area contributed by atoms with Crippen molar-refractivity contribution in [3.8, 4) is 6.01 Å². The zero-order valence-corrected chi connectivity index (χ0v) is 22.2. The second-order valence-electron chi connectivity index (χ2n) is 9.43. The fourth-order valence-electron chi connectivity index (χ4n) is 4.48. The van der Waals surface area contributed by atoms with Crippen molar-refractivity contribution in [2.45, 2.75) is 44.5 Å². The molecule has 0 amide bonds. The van der Waals surface area contributed by atoms with Crippen LogP contribution < -0.4 is 4.74 Å². The first kappa shape index (κ1) is 30.5. The van der Waals surface area contributed by atoms with E-state index in [-0.39, 0.29) is 17.7 Å². The first-order valence-electron chi connectivity index (χ1n) is 12.5. The van der Waals surface area contributed by atoms with Crippen LogP contribution in [-0.2, 0) is 34.1 Å². The van der Waals surface area contributed by atoms with Crippen molar-refractivity contribution in [2.75, 3.05) is 0 Å². The van der Waals surface area contributed by atoms with Gasteiger partial charge in [0, 0.05) is 11.4 Å². The smallest absolute Gasteiger partial charge is 0.416 e. The predicted molar refractivity (Wildman–Crippen MR) is 138 cm³/mol. The highest BCUT2D eigenvalue weighted by atomic mass is 19.4. The lowest BCUT2D eigenvalue weighted by atomic mass is 9.80. The number of hydrogen-bond acceptors (Lipinski definition) is 5. The van der Waals surface area contributed by atoms with E-state index in [9.17, 15) is 36.2 Å². The van der Waals surface area contributed by atoms with Gasteiger partial charge in [-0.2, -0.15) is 26.3 Å². The van der Waals surface area contributed by atoms with Crippen LogP contribution in [0.5, 0.6) is 6.01 Å². The maximum Gasteiger partial charge on any atom is 0.416 e. The number of halogens is 6. The summed E-state index contributed by atoms with van der Waals surface area (Å²) in [5, 5.41) is 10.5. The molecular weight excluding hydrogens is 566 g/mol. The maximum absolute atomic E-state index is 13.9. The largest absolute Gasteiger partial charge is 0.478 e. The molecule has 220 valence electrons. The number of rotatable bonds is 9. The molecule has 4 rings (SSSR count). The summed E-state index contributed by atoms with van der Waals surface area (Å²) < 4.78 is 93.9. The van der Waals surface area contributed by atoms with Gasteiger partial charge in [-0.1, -0.05) is 54.6 Å². The Labute approximate surface area is 236 Å². The Morgan fingerprint density at radius 1 is 0.738 bits per heavy atom. The molecule has 4 aromatic rings. The van der Waals surface area contributed by atoms with E-state index < -0.39 is 47.2 Å². The number of benzene rings is 3. The van der Waals surface area contributed by atoms with E-state index >= 15 is 0 Å². The molecule has 0 aliphatic heterocycles. The number of carboxylic acid groups (broad SMARTS) is 1. The third kappa shape index (κ3) is 6.71. The standard InChI is InChI=1S/C30H24F6N2O4/c1-18-15-19(2)38-27(37-18)42-25(26(39)40)28(41-17-20-7-4-3-5-8-20,21-11-13-22(14-12-21)29(31,32)33)23-9-6-10-24(16-23)30(34,35)36/h3-16,25H,17H2,1-2H3,(H,39,40)/t25-,28+/m0/s1. The highest BCUT2D eigenvalue weighted by Crippen LogP contribution is 2.43. The molecule has 0 saturated carbocycles. The van der Waals surface area contributed by atoms with Gasteiger partial charge in [0.1, 0.15) is 0 Å². The minimum Gasteiger partial charge on any atom is -0.478 e. The Morgan fingerprint density at radius 3 is 1.83 bits per heavy atom. The zero-order valence-electron chi connectivity index (χ0n) is 22.2. The summed E-state index contributed by atoms with van der Waals surface area (Å²) in [5.74, 6) is -1.69. The van der Waals surface area contributed by atoms with E-state index in [1.165, 1.54) is 6.07 Å². The van der Waals surface area contributed by atoms with Gasteiger partial charge in [-0.25, -0.2) is 14.8 Å². The van der Waals surface area contributed by atoms with Crippen molar-refractivity contribution in [1.82, 2.24) is 9.97 Å². The third-order valence-electron chi connectivity index (χ3n) is 6.35. The van der Waals surface area contributed by atoms with Crippen LogP contribution in [0.25, 0.3) is 0 Å². The van der Waals surface area contributed by atoms with Crippen LogP contribution >= 0.6 is 0 Å². The van der Waals surface area contributed by atoms with Crippen LogP contribution in [0.2, 0.25) is 0 Å². The topological polar surface area (TPSA) is 81.5 Å². The van der Waals surface area contributed by atoms with Crippen LogP contribution in [0, 0.1) is 13.8 Å². The fraction of sp³-hybridized carbons (Fsp3) is 0.233. The summed E-state index contributed by atoms with van der Waals surface area (Å²) in [5.41, 5.74) is -3.82. The molecule has 0 radical (unpaired) electrons. The summed E-state index contributed by atoms with van der Waals surface area (Å²) in [4.78, 5) is 21.1. The molecule has 0 fully saturated rings. The number of carbonyl (C=O) groups is 1. The molecule has 1 aromatic heterocycles. The highest BCUT2D eigenvalue weighted by Gasteiger charge is 2.51. The fourth-order valence-corrected chi connectivity index (χ4v) is 4.48. The molecular formula is C30H24F6N2O4. The molecule has 0 saturated heterocycles. The van der Waals surface area contributed by atoms with Crippen LogP contribution in [-0.4, -0.2) is 27.1 Å². The van der Waals surface area contributed by atoms with Crippen molar-refractivity contribution >= 4 is 5.97 Å². The van der Waals surface area contributed by atoms with Gasteiger partial charge in [0.25, 0.3) is 0 Å². The lowest BCUT2D eigenvalue weighted by molar-refractivity contribution is -0.166. The van der Waals surface area contributed by atoms with E-state index in [1.807, 2.05) is 0 Å². The Morgan fingerprint density at radius 2 is 1.29 bits per heavy atom. The SMILES string of the molecule is Cc1cc(C)nc(O[C@@H](C(=O)O)[C@@](OCc2ccccc2)(c2ccc(C(F)(F)F)cc2)c2cccc(C(F)(F)F)c2)n1. The van der Waals surface area contributed by atoms with Crippen molar-refractivity contribution in [3.05, 3.63) is 124 Å². The van der Waals surface area contributed by atoms with E-state index in [4.69, 9.17) is 9.47 Å². The molecule has 6 nitrogen and oxygen atoms in total. The van der Waals surface area contributed by atoms with Crippen molar-refractivity contribution < 1.29 is 45.7 Å². The molecule has 0 aliphatic carbocycles. The van der Waals surface area contributed by atoms with Crippen LogP contribution in [0.3, 0.4) is 0 Å². The molecule has 0 unspecified atom stereocenters. The second kappa shape index (κ2) is 11.8. The third-order valence-corrected chi connectivity index (χ3v) is 6.35. The molecule has 42 heavy (non-hydrogen) atoms. The van der Waals surface area contributed by atoms with Gasteiger partial charge >= 0.3 is 24.3 Å². The Hall–Kier alpha value is -4.45. The lowest BCUT2D eigenvalue weighted by Gasteiger charge is -2.39. The minimum atomic E-state index is -4.84. The van der Waals surface area contributed by atoms with Gasteiger partial charge < -0.3 is 14.6 Å². The van der Waals surface area contributed by atoms with Crippen molar-refractivity contribution in [3.63, 3.8) is 0 Å². The lowest BCUT2D eigenvalue weighted by Crippen LogP contribution is -2.51. The normalized spacial score (nSPS) is 14.2. The molecule has 0 spiro atoms. The number of carboxylic acids is 1. The molecule has 3 aromatic carbocycles. The van der Waals surface area contributed by atoms with Gasteiger partial charge in [-0.3, -0.25) is 0 Å². The highest BCUT2D eigenvalue weighted by molar-refractivity contribution is 5.76. The average Bonchev–Trinajstić information content (AvgIpc) is 2.92. The summed E-state index contributed by atoms with van der Waals surface area (Å²) in [7, 11) is 0. The van der Waals surface area contributed by atoms with Crippen molar-refractivity contribution in [2.24, 2.45) is 0 Å². The van der Waals surface area contributed by atoms with E-state index in [0.29, 0.717) is 35.2 Å². The number of ether oxygens (including phenoxy) is 2. The van der Waals surface area contributed by atoms with Gasteiger partial charge in [0.2, 0.25) is 6.10 Å². The molecule has 1 N–H and O–H groups in total. The van der Waals surface area contributed by atoms with Gasteiger partial charge in [0.05, 0.1) is 17.7 Å². The number of aryl methyl sites for hydroxylation is 2. The molecule has 0 aliphatic rings. The number of aromatic nitrogens is 2. The van der Waals surface area contributed by atoms with Crippen LogP contribution in [0.15, 0.2) is 84.9 Å². The number of nitrogens with zero attached hydrogens (tertiary/aromatic N) is 2. The number of hydrogen-bond donors (Lipinski definition) is 1.